The first kappa shape index (κ1) is 26.9. The van der Waals surface area contributed by atoms with Gasteiger partial charge in [0.15, 0.2) is 6.17 Å². The van der Waals surface area contributed by atoms with Crippen molar-refractivity contribution in [3.8, 4) is 0 Å². The van der Waals surface area contributed by atoms with Crippen molar-refractivity contribution >= 4 is 18.0 Å². The smallest absolute Gasteiger partial charge is 0.465 e. The van der Waals surface area contributed by atoms with Crippen molar-refractivity contribution in [2.24, 2.45) is 11.1 Å². The second-order valence-electron chi connectivity index (χ2n) is 8.39. The van der Waals surface area contributed by atoms with Crippen LogP contribution in [0.2, 0.25) is 0 Å². The van der Waals surface area contributed by atoms with Crippen LogP contribution in [0, 0.1) is 5.41 Å². The van der Waals surface area contributed by atoms with Crippen molar-refractivity contribution in [1.82, 2.24) is 5.32 Å². The molecule has 1 heterocycles. The molecule has 1 saturated heterocycles. The summed E-state index contributed by atoms with van der Waals surface area (Å²) in [6.07, 6.45) is -9.77. The molecule has 1 fully saturated rings. The third-order valence-corrected chi connectivity index (χ3v) is 4.33. The average molecular weight is 456 g/mol. The van der Waals surface area contributed by atoms with E-state index in [4.69, 9.17) is 19.9 Å². The van der Waals surface area contributed by atoms with Crippen molar-refractivity contribution in [3.05, 3.63) is 0 Å². The van der Waals surface area contributed by atoms with E-state index in [2.05, 4.69) is 10.1 Å². The fraction of sp³-hybridized carbons (Fsp3) is 0.833. The predicted octanol–water partition coefficient (Wildman–Crippen LogP) is -0.685. The Kier molecular flexibility index (Phi) is 9.11. The Hall–Kier alpha value is -2.09. The summed E-state index contributed by atoms with van der Waals surface area (Å²) in [7, 11) is 0.780. The molecule has 0 aromatic carbocycles. The largest absolute Gasteiger partial charge is 0.508 e. The van der Waals surface area contributed by atoms with E-state index in [9.17, 15) is 33.4 Å². The van der Waals surface area contributed by atoms with Crippen LogP contribution in [0.1, 0.15) is 27.7 Å². The number of nitrogens with two attached hydrogens (primary N) is 1. The number of hydrogen-bond donors (Lipinski definition) is 4. The molecule has 31 heavy (non-hydrogen) atoms. The molecule has 1 rings (SSSR count). The highest BCUT2D eigenvalue weighted by Gasteiger charge is 2.62. The first-order valence-electron chi connectivity index (χ1n) is 9.41. The summed E-state index contributed by atoms with van der Waals surface area (Å²) in [5.74, 6) is -6.19. The van der Waals surface area contributed by atoms with E-state index in [1.54, 1.807) is 20.8 Å². The number of methoxy groups -OCH3 is 1. The summed E-state index contributed by atoms with van der Waals surface area (Å²) in [5, 5.41) is 22.8. The van der Waals surface area contributed by atoms with Crippen molar-refractivity contribution in [3.63, 3.8) is 0 Å². The van der Waals surface area contributed by atoms with Gasteiger partial charge in [0.1, 0.15) is 24.9 Å². The number of ether oxygens (including phenoxy) is 4. The van der Waals surface area contributed by atoms with Crippen LogP contribution in [-0.2, 0) is 28.5 Å². The summed E-state index contributed by atoms with van der Waals surface area (Å²) in [6, 6.07) is -3.40. The van der Waals surface area contributed by atoms with Gasteiger partial charge in [0.2, 0.25) is 5.91 Å². The van der Waals surface area contributed by atoms with Gasteiger partial charge in [0.25, 0.3) is 0 Å². The second kappa shape index (κ2) is 10.5. The molecule has 0 aromatic rings. The van der Waals surface area contributed by atoms with Crippen LogP contribution >= 0.6 is 0 Å². The fourth-order valence-electron chi connectivity index (χ4n) is 2.77. The highest BCUT2D eigenvalue weighted by molar-refractivity contribution is 5.79. The minimum atomic E-state index is -3.71. The number of rotatable bonds is 7. The van der Waals surface area contributed by atoms with Gasteiger partial charge in [0.05, 0.1) is 25.8 Å². The normalized spacial score (nSPS) is 30.6. The highest BCUT2D eigenvalue weighted by atomic mass is 19.2. The minimum Gasteiger partial charge on any atom is -0.465 e. The Bertz CT molecular complexity index is 660. The van der Waals surface area contributed by atoms with Gasteiger partial charge in [-0.15, -0.1) is 0 Å². The summed E-state index contributed by atoms with van der Waals surface area (Å²) < 4.78 is 48.0. The second-order valence-corrected chi connectivity index (χ2v) is 8.39. The predicted molar refractivity (Wildman–Crippen MR) is 100.0 cm³/mol. The molecule has 1 aliphatic rings. The Morgan fingerprint density at radius 2 is 1.84 bits per heavy atom. The summed E-state index contributed by atoms with van der Waals surface area (Å²) in [6.45, 7) is 5.64. The van der Waals surface area contributed by atoms with Crippen molar-refractivity contribution in [1.29, 1.82) is 0 Å². The molecule has 7 atom stereocenters. The molecule has 0 aliphatic carbocycles. The van der Waals surface area contributed by atoms with Crippen molar-refractivity contribution < 1.29 is 52.3 Å². The number of carbonyl (C=O) groups is 3. The van der Waals surface area contributed by atoms with Crippen LogP contribution in [-0.4, -0.2) is 91.0 Å². The van der Waals surface area contributed by atoms with Crippen LogP contribution in [0.5, 0.6) is 0 Å². The maximum atomic E-state index is 15.0. The molecule has 0 radical (unpaired) electrons. The van der Waals surface area contributed by atoms with Gasteiger partial charge in [-0.05, 0) is 5.41 Å². The molecule has 1 amide bonds. The van der Waals surface area contributed by atoms with E-state index < -0.39 is 67.1 Å². The molecule has 13 heteroatoms. The van der Waals surface area contributed by atoms with Gasteiger partial charge in [-0.3, -0.25) is 4.79 Å². The van der Waals surface area contributed by atoms with Crippen LogP contribution in [0.15, 0.2) is 0 Å². The van der Waals surface area contributed by atoms with E-state index in [1.807, 2.05) is 0 Å². The third kappa shape index (κ3) is 6.95. The molecule has 5 N–H and O–H groups in total. The highest BCUT2D eigenvalue weighted by Crippen LogP contribution is 2.35. The zero-order valence-corrected chi connectivity index (χ0v) is 18.0. The maximum Gasteiger partial charge on any atom is 0.508 e. The first-order chi connectivity index (χ1) is 14.1. The molecule has 0 saturated carbocycles. The molecule has 11 nitrogen and oxygen atoms in total. The summed E-state index contributed by atoms with van der Waals surface area (Å²) >= 11 is 0. The number of halogens is 2. The molecule has 1 aliphatic heterocycles. The number of nitrogens with one attached hydrogen (secondary N) is 1. The van der Waals surface area contributed by atoms with Gasteiger partial charge < -0.3 is 40.2 Å². The molecule has 0 spiro atoms. The standard InChI is InChI=1S/C18H30F2N2O9/c1-8(23)22-11-10(21)14(19)18(20,15(26)28-5)31-13(11)12(25)9(24)6-29-16(27)30-7-17(2,3)4/h9-14,24-25H,6-7,21H2,1-5H3,(H,22,23)/t9-,10-,11-,12-,13-,14-,18-/m1/s1. The van der Waals surface area contributed by atoms with E-state index in [0.29, 0.717) is 0 Å². The Labute approximate surface area is 178 Å². The number of aliphatic hydroxyl groups excluding tert-OH is 2. The zero-order chi connectivity index (χ0) is 24.1. The molecule has 0 bridgehead atoms. The van der Waals surface area contributed by atoms with Gasteiger partial charge in [-0.1, -0.05) is 20.8 Å². The number of hydrogen-bond acceptors (Lipinski definition) is 10. The SMILES string of the molecule is COC(=O)[C@]1(F)O[C@@H]([C@H](O)[C@H](O)COC(=O)OCC(C)(C)C)[C@H](NC(C)=O)[C@@H](N)[C@H]1F. The lowest BCUT2D eigenvalue weighted by Gasteiger charge is -2.46. The number of amides is 1. The van der Waals surface area contributed by atoms with E-state index in [-0.39, 0.29) is 12.0 Å². The summed E-state index contributed by atoms with van der Waals surface area (Å²) in [4.78, 5) is 34.8. The number of alkyl halides is 2. The van der Waals surface area contributed by atoms with Gasteiger partial charge in [-0.25, -0.2) is 14.0 Å². The molecular weight excluding hydrogens is 426 g/mol. The zero-order valence-electron chi connectivity index (χ0n) is 18.0. The van der Waals surface area contributed by atoms with Crippen LogP contribution in [0.25, 0.3) is 0 Å². The topological polar surface area (TPSA) is 167 Å². The Balaban J connectivity index is 2.96. The third-order valence-electron chi connectivity index (χ3n) is 4.33. The van der Waals surface area contributed by atoms with E-state index >= 15 is 0 Å². The molecule has 0 unspecified atom stereocenters. The lowest BCUT2D eigenvalue weighted by molar-refractivity contribution is -0.277. The van der Waals surface area contributed by atoms with Gasteiger partial charge in [-0.2, -0.15) is 4.39 Å². The average Bonchev–Trinajstić information content (AvgIpc) is 2.68. The fourth-order valence-corrected chi connectivity index (χ4v) is 2.77. The Morgan fingerprint density at radius 3 is 2.32 bits per heavy atom. The Morgan fingerprint density at radius 1 is 1.26 bits per heavy atom. The molecule has 0 aromatic heterocycles. The van der Waals surface area contributed by atoms with Crippen LogP contribution in [0.4, 0.5) is 13.6 Å². The van der Waals surface area contributed by atoms with Gasteiger partial charge in [0, 0.05) is 6.92 Å². The number of aliphatic hydroxyl groups is 2. The molecule has 180 valence electrons. The van der Waals surface area contributed by atoms with E-state index in [1.165, 1.54) is 0 Å². The number of carbonyl (C=O) groups excluding carboxylic acids is 3. The monoisotopic (exact) mass is 456 g/mol. The lowest BCUT2D eigenvalue weighted by atomic mass is 9.86. The maximum absolute atomic E-state index is 15.0. The van der Waals surface area contributed by atoms with Crippen LogP contribution < -0.4 is 11.1 Å². The van der Waals surface area contributed by atoms with E-state index in [0.717, 1.165) is 14.0 Å². The number of esters is 1. The van der Waals surface area contributed by atoms with Gasteiger partial charge >= 0.3 is 18.0 Å². The van der Waals surface area contributed by atoms with Crippen molar-refractivity contribution in [2.75, 3.05) is 20.3 Å². The first-order valence-corrected chi connectivity index (χ1v) is 9.41. The minimum absolute atomic E-state index is 0.0110. The lowest BCUT2D eigenvalue weighted by Crippen LogP contribution is -2.73. The quantitative estimate of drug-likeness (QED) is 0.360. The summed E-state index contributed by atoms with van der Waals surface area (Å²) in [5.41, 5.74) is 5.30. The van der Waals surface area contributed by atoms with Crippen LogP contribution in [0.3, 0.4) is 0 Å². The van der Waals surface area contributed by atoms with Crippen molar-refractivity contribution in [2.45, 2.75) is 70.1 Å². The molecular formula is C18H30F2N2O9.